The number of aryl methyl sites for hydroxylation is 1. The van der Waals surface area contributed by atoms with Gasteiger partial charge in [0.2, 0.25) is 5.91 Å². The minimum absolute atomic E-state index is 0.0353. The van der Waals surface area contributed by atoms with E-state index in [9.17, 15) is 19.2 Å². The van der Waals surface area contributed by atoms with E-state index in [1.807, 2.05) is 19.9 Å². The molecule has 4 rings (SSSR count). The first-order valence-corrected chi connectivity index (χ1v) is 12.6. The van der Waals surface area contributed by atoms with E-state index in [4.69, 9.17) is 23.2 Å². The van der Waals surface area contributed by atoms with Gasteiger partial charge in [-0.1, -0.05) is 42.3 Å². The van der Waals surface area contributed by atoms with E-state index in [-0.39, 0.29) is 29.5 Å². The molecule has 1 saturated carbocycles. The molecule has 194 valence electrons. The van der Waals surface area contributed by atoms with Crippen LogP contribution in [-0.2, 0) is 24.7 Å². The lowest BCUT2D eigenvalue weighted by Gasteiger charge is -2.42. The molecule has 3 N–H and O–H groups in total. The Morgan fingerprint density at radius 2 is 1.78 bits per heavy atom. The quantitative estimate of drug-likeness (QED) is 0.329. The third-order valence-electron chi connectivity index (χ3n) is 7.23. The van der Waals surface area contributed by atoms with Crippen LogP contribution in [0.15, 0.2) is 47.7 Å². The monoisotopic (exact) mass is 542 g/mol. The molecule has 2 aromatic carbocycles. The summed E-state index contributed by atoms with van der Waals surface area (Å²) in [4.78, 5) is 54.7. The lowest BCUT2D eigenvalue weighted by Crippen LogP contribution is -2.55. The van der Waals surface area contributed by atoms with Crippen molar-refractivity contribution in [2.24, 2.45) is 5.41 Å². The van der Waals surface area contributed by atoms with E-state index < -0.39 is 16.9 Å². The number of hydrogen-bond acceptors (Lipinski definition) is 6. The Bertz CT molecular complexity index is 1350. The van der Waals surface area contributed by atoms with Crippen molar-refractivity contribution in [3.63, 3.8) is 0 Å². The third kappa shape index (κ3) is 4.49. The molecule has 1 atom stereocenters. The molecule has 1 fully saturated rings. The molecule has 0 aromatic heterocycles. The molecule has 2 aromatic rings. The molecule has 0 radical (unpaired) electrons. The maximum Gasteiger partial charge on any atom is 0.259 e. The Morgan fingerprint density at radius 3 is 2.41 bits per heavy atom. The highest BCUT2D eigenvalue weighted by molar-refractivity contribution is 6.32. The van der Waals surface area contributed by atoms with Gasteiger partial charge in [-0.25, -0.2) is 0 Å². The number of amides is 2. The number of anilines is 2. The van der Waals surface area contributed by atoms with Gasteiger partial charge >= 0.3 is 0 Å². The lowest BCUT2D eigenvalue weighted by atomic mass is 9.75. The molecule has 10 heteroatoms. The molecule has 2 aliphatic rings. The molecule has 0 saturated heterocycles. The normalized spacial score (nSPS) is 19.8. The molecule has 1 heterocycles. The number of benzene rings is 2. The largest absolute Gasteiger partial charge is 0.373 e. The topological polar surface area (TPSA) is 108 Å². The standard InChI is InChI=1S/C27H28Cl2N4O4/c1-15-5-6-17(29)12-21(15)33(4)27(18-8-7-16(28)11-19(18)32-25(27)37)23(24(36)26(2)9-10-26)20(14-34)31-13-22(35)30-3/h5-8,11-12,14,31H,9-10,13H2,1-4H3,(H,30,35)(H,32,37)/b23-20+. The average Bonchev–Trinajstić information content (AvgIpc) is 3.56. The van der Waals surface area contributed by atoms with Crippen LogP contribution in [0.1, 0.15) is 30.9 Å². The van der Waals surface area contributed by atoms with Gasteiger partial charge in [0.05, 0.1) is 17.8 Å². The van der Waals surface area contributed by atoms with E-state index in [1.165, 1.54) is 7.05 Å². The number of nitrogens with zero attached hydrogens (tertiary/aromatic N) is 1. The Morgan fingerprint density at radius 1 is 1.14 bits per heavy atom. The highest BCUT2D eigenvalue weighted by Crippen LogP contribution is 2.55. The number of Topliss-reactive ketones (excluding diaryl/α,β-unsaturated/α-hetero) is 1. The van der Waals surface area contributed by atoms with Crippen LogP contribution in [0.25, 0.3) is 0 Å². The van der Waals surface area contributed by atoms with Gasteiger partial charge < -0.3 is 20.9 Å². The first kappa shape index (κ1) is 26.7. The van der Waals surface area contributed by atoms with E-state index in [0.29, 0.717) is 46.1 Å². The number of nitrogens with one attached hydrogen (secondary N) is 3. The molecule has 1 aliphatic heterocycles. The molecular formula is C27H28Cl2N4O4. The summed E-state index contributed by atoms with van der Waals surface area (Å²) in [7, 11) is 3.15. The Balaban J connectivity index is 2.08. The molecule has 8 nitrogen and oxygen atoms in total. The highest BCUT2D eigenvalue weighted by Gasteiger charge is 2.60. The second-order valence-electron chi connectivity index (χ2n) is 9.67. The zero-order valence-electron chi connectivity index (χ0n) is 21.0. The number of carbonyl (C=O) groups excluding carboxylic acids is 4. The fourth-order valence-corrected chi connectivity index (χ4v) is 5.13. The second kappa shape index (κ2) is 9.84. The predicted molar refractivity (Wildman–Crippen MR) is 144 cm³/mol. The zero-order chi connectivity index (χ0) is 27.1. The highest BCUT2D eigenvalue weighted by atomic mass is 35.5. The first-order valence-electron chi connectivity index (χ1n) is 11.8. The van der Waals surface area contributed by atoms with Gasteiger partial charge in [0.1, 0.15) is 0 Å². The fraction of sp³-hybridized carbons (Fsp3) is 0.333. The Hall–Kier alpha value is -3.36. The van der Waals surface area contributed by atoms with Crippen molar-refractivity contribution in [2.75, 3.05) is 30.9 Å². The fourth-order valence-electron chi connectivity index (χ4n) is 4.79. The second-order valence-corrected chi connectivity index (χ2v) is 10.5. The van der Waals surface area contributed by atoms with Gasteiger partial charge in [-0.3, -0.25) is 19.2 Å². The smallest absolute Gasteiger partial charge is 0.259 e. The summed E-state index contributed by atoms with van der Waals surface area (Å²) in [6, 6.07) is 10.2. The summed E-state index contributed by atoms with van der Waals surface area (Å²) < 4.78 is 0. The van der Waals surface area contributed by atoms with Crippen LogP contribution < -0.4 is 20.9 Å². The Labute approximate surface area is 225 Å². The van der Waals surface area contributed by atoms with E-state index >= 15 is 0 Å². The molecule has 1 unspecified atom stereocenters. The van der Waals surface area contributed by atoms with E-state index in [0.717, 1.165) is 5.56 Å². The SMILES string of the molecule is CNC(=O)CN/C(C=O)=C(\C(=O)C1(C)CC1)C1(N(C)c2cc(Cl)ccc2C)C(=O)Nc2cc(Cl)ccc21. The summed E-state index contributed by atoms with van der Waals surface area (Å²) in [5.41, 5.74) is -0.401. The molecule has 37 heavy (non-hydrogen) atoms. The maximum atomic E-state index is 14.2. The van der Waals surface area contributed by atoms with Crippen molar-refractivity contribution >= 4 is 58.5 Å². The molecule has 0 spiro atoms. The summed E-state index contributed by atoms with van der Waals surface area (Å²) in [6.45, 7) is 3.41. The zero-order valence-corrected chi connectivity index (χ0v) is 22.5. The van der Waals surface area contributed by atoms with Gasteiger partial charge in [-0.15, -0.1) is 0 Å². The number of halogens is 2. The number of fused-ring (bicyclic) bond motifs is 1. The summed E-state index contributed by atoms with van der Waals surface area (Å²) in [5, 5.41) is 9.01. The van der Waals surface area contributed by atoms with Crippen molar-refractivity contribution in [3.05, 3.63) is 68.8 Å². The minimum Gasteiger partial charge on any atom is -0.373 e. The summed E-state index contributed by atoms with van der Waals surface area (Å²) in [6.07, 6.45) is 1.72. The van der Waals surface area contributed by atoms with Gasteiger partial charge in [-0.05, 0) is 49.6 Å². The van der Waals surface area contributed by atoms with Crippen molar-refractivity contribution in [1.82, 2.24) is 10.6 Å². The van der Waals surface area contributed by atoms with Crippen molar-refractivity contribution in [1.29, 1.82) is 0 Å². The minimum atomic E-state index is -1.76. The van der Waals surface area contributed by atoms with Crippen LogP contribution >= 0.6 is 23.2 Å². The van der Waals surface area contributed by atoms with Crippen LogP contribution in [0.4, 0.5) is 11.4 Å². The lowest BCUT2D eigenvalue weighted by molar-refractivity contribution is -0.125. The van der Waals surface area contributed by atoms with Crippen LogP contribution in [-0.4, -0.2) is 44.5 Å². The molecule has 0 bridgehead atoms. The van der Waals surface area contributed by atoms with E-state index in [1.54, 1.807) is 42.3 Å². The number of hydrogen-bond donors (Lipinski definition) is 3. The van der Waals surface area contributed by atoms with E-state index in [2.05, 4.69) is 16.0 Å². The van der Waals surface area contributed by atoms with Crippen molar-refractivity contribution < 1.29 is 19.2 Å². The van der Waals surface area contributed by atoms with Crippen molar-refractivity contribution in [3.8, 4) is 0 Å². The number of carbonyl (C=O) groups is 4. The summed E-state index contributed by atoms with van der Waals surface area (Å²) in [5.74, 6) is -1.26. The van der Waals surface area contributed by atoms with Crippen LogP contribution in [0.5, 0.6) is 0 Å². The number of likely N-dealkylation sites (N-methyl/N-ethyl adjacent to an activating group) is 2. The van der Waals surface area contributed by atoms with Gasteiger partial charge in [0.25, 0.3) is 5.91 Å². The number of ketones is 1. The van der Waals surface area contributed by atoms with Gasteiger partial charge in [0, 0.05) is 46.5 Å². The number of rotatable bonds is 9. The third-order valence-corrected chi connectivity index (χ3v) is 7.70. The average molecular weight is 543 g/mol. The number of aldehydes is 1. The summed E-state index contributed by atoms with van der Waals surface area (Å²) >= 11 is 12.6. The Kier molecular flexibility index (Phi) is 7.10. The number of allylic oxidation sites excluding steroid dienone is 1. The predicted octanol–water partition coefficient (Wildman–Crippen LogP) is 3.74. The van der Waals surface area contributed by atoms with Crippen molar-refractivity contribution in [2.45, 2.75) is 32.2 Å². The first-order chi connectivity index (χ1) is 17.5. The van der Waals surface area contributed by atoms with Gasteiger partial charge in [-0.2, -0.15) is 0 Å². The molecule has 2 amide bonds. The van der Waals surface area contributed by atoms with Gasteiger partial charge in [0.15, 0.2) is 17.6 Å². The molecular weight excluding hydrogens is 515 g/mol. The molecule has 1 aliphatic carbocycles. The van der Waals surface area contributed by atoms with Crippen LogP contribution in [0.3, 0.4) is 0 Å². The van der Waals surface area contributed by atoms with Crippen LogP contribution in [0, 0.1) is 12.3 Å². The van der Waals surface area contributed by atoms with Crippen LogP contribution in [0.2, 0.25) is 10.0 Å². The maximum absolute atomic E-state index is 14.2.